The van der Waals surface area contributed by atoms with Crippen LogP contribution in [0, 0.1) is 0 Å². The van der Waals surface area contributed by atoms with Crippen LogP contribution < -0.4 is 0 Å². The first kappa shape index (κ1) is 9.46. The molecule has 0 atom stereocenters. The third-order valence-corrected chi connectivity index (χ3v) is 3.27. The van der Waals surface area contributed by atoms with E-state index in [9.17, 15) is 9.59 Å². The average molecular weight is 214 g/mol. The Morgan fingerprint density at radius 3 is 2.19 bits per heavy atom. The highest BCUT2D eigenvalue weighted by atomic mass is 16.2. The van der Waals surface area contributed by atoms with Crippen LogP contribution in [0.1, 0.15) is 33.6 Å². The number of hydrogen-bond acceptors (Lipinski definition) is 2. The van der Waals surface area contributed by atoms with E-state index in [1.165, 1.54) is 0 Å². The maximum atomic E-state index is 12.1. The van der Waals surface area contributed by atoms with Gasteiger partial charge < -0.3 is 0 Å². The fourth-order valence-corrected chi connectivity index (χ4v) is 2.48. The van der Waals surface area contributed by atoms with E-state index < -0.39 is 6.04 Å². The second-order valence-electron chi connectivity index (χ2n) is 4.24. The van der Waals surface area contributed by atoms with Crippen LogP contribution >= 0.6 is 0 Å². The molecule has 3 heteroatoms. The molecule has 1 aromatic carbocycles. The van der Waals surface area contributed by atoms with E-state index in [2.05, 4.69) is 0 Å². The summed E-state index contributed by atoms with van der Waals surface area (Å²) < 4.78 is 1.89. The third kappa shape index (κ3) is 1.18. The van der Waals surface area contributed by atoms with Crippen molar-refractivity contribution >= 4 is 17.8 Å². The summed E-state index contributed by atoms with van der Waals surface area (Å²) in [5.41, 5.74) is 1.16. The molecule has 80 valence electrons. The van der Waals surface area contributed by atoms with Crippen molar-refractivity contribution in [2.75, 3.05) is 6.54 Å². The normalized spacial score (nSPS) is 20.1. The first-order valence-electron chi connectivity index (χ1n) is 5.55. The zero-order valence-electron chi connectivity index (χ0n) is 8.85. The first-order valence-corrected chi connectivity index (χ1v) is 5.55. The second kappa shape index (κ2) is 3.37. The summed E-state index contributed by atoms with van der Waals surface area (Å²) in [7, 11) is 0. The van der Waals surface area contributed by atoms with Crippen LogP contribution in [0.25, 0.3) is 0 Å². The molecule has 1 aromatic rings. The van der Waals surface area contributed by atoms with E-state index in [1.807, 2.05) is 10.8 Å². The van der Waals surface area contributed by atoms with Crippen LogP contribution in [0.2, 0.25) is 0 Å². The molecular weight excluding hydrogens is 202 g/mol. The molecule has 3 rings (SSSR count). The molecule has 1 heterocycles. The summed E-state index contributed by atoms with van der Waals surface area (Å²) in [6.07, 6.45) is 3.98. The van der Waals surface area contributed by atoms with Crippen LogP contribution in [0.5, 0.6) is 0 Å². The van der Waals surface area contributed by atoms with Crippen LogP contribution in [0.4, 0.5) is 0 Å². The van der Waals surface area contributed by atoms with Crippen LogP contribution in [0.15, 0.2) is 24.3 Å². The SMILES string of the molecule is O=C1c2ccccc2C(=O)C1[N+]1=CCCC1. The number of hydrogen-bond donors (Lipinski definition) is 0. The molecule has 0 fully saturated rings. The van der Waals surface area contributed by atoms with Gasteiger partial charge >= 0.3 is 0 Å². The van der Waals surface area contributed by atoms with E-state index in [1.54, 1.807) is 24.3 Å². The smallest absolute Gasteiger partial charge is 0.277 e. The quantitative estimate of drug-likeness (QED) is 0.522. The molecule has 2 aliphatic rings. The lowest BCUT2D eigenvalue weighted by atomic mass is 10.1. The van der Waals surface area contributed by atoms with Crippen molar-refractivity contribution in [2.45, 2.75) is 18.9 Å². The van der Waals surface area contributed by atoms with E-state index in [0.29, 0.717) is 11.1 Å². The Balaban J connectivity index is 2.07. The third-order valence-electron chi connectivity index (χ3n) is 3.27. The number of carbonyl (C=O) groups is 2. The molecule has 0 saturated heterocycles. The number of Topliss-reactive ketones (excluding diaryl/α,β-unsaturated/α-hetero) is 2. The number of rotatable bonds is 1. The standard InChI is InChI=1S/C13H12NO2/c15-12-9-5-1-2-6-10(9)13(16)11(12)14-7-3-4-8-14/h1-2,5-7,11H,3-4,8H2/q+1. The van der Waals surface area contributed by atoms with Gasteiger partial charge in [0.1, 0.15) is 12.8 Å². The van der Waals surface area contributed by atoms with Crippen molar-refractivity contribution < 1.29 is 14.2 Å². The molecule has 0 unspecified atom stereocenters. The lowest BCUT2D eigenvalue weighted by Crippen LogP contribution is -2.35. The number of fused-ring (bicyclic) bond motifs is 1. The van der Waals surface area contributed by atoms with E-state index in [0.717, 1.165) is 19.4 Å². The molecular formula is C13H12NO2+. The number of carbonyl (C=O) groups excluding carboxylic acids is 2. The lowest BCUT2D eigenvalue weighted by Gasteiger charge is -2.02. The van der Waals surface area contributed by atoms with Gasteiger partial charge in [-0.05, 0) is 0 Å². The fourth-order valence-electron chi connectivity index (χ4n) is 2.48. The molecule has 1 aliphatic heterocycles. The highest BCUT2D eigenvalue weighted by molar-refractivity contribution is 6.28. The minimum Gasteiger partial charge on any atom is -0.286 e. The minimum atomic E-state index is -0.583. The van der Waals surface area contributed by atoms with Gasteiger partial charge in [-0.3, -0.25) is 9.59 Å². The predicted octanol–water partition coefficient (Wildman–Crippen LogP) is 1.31. The van der Waals surface area contributed by atoms with E-state index in [-0.39, 0.29) is 11.6 Å². The Morgan fingerprint density at radius 1 is 1.06 bits per heavy atom. The Hall–Kier alpha value is -1.77. The maximum Gasteiger partial charge on any atom is 0.277 e. The summed E-state index contributed by atoms with van der Waals surface area (Å²) in [5, 5.41) is 0. The lowest BCUT2D eigenvalue weighted by molar-refractivity contribution is -0.523. The van der Waals surface area contributed by atoms with Gasteiger partial charge in [-0.25, -0.2) is 4.58 Å². The molecule has 16 heavy (non-hydrogen) atoms. The highest BCUT2D eigenvalue weighted by Crippen LogP contribution is 2.24. The largest absolute Gasteiger partial charge is 0.286 e. The highest BCUT2D eigenvalue weighted by Gasteiger charge is 2.46. The topological polar surface area (TPSA) is 37.1 Å². The van der Waals surface area contributed by atoms with Crippen LogP contribution in [0.3, 0.4) is 0 Å². The monoisotopic (exact) mass is 214 g/mol. The molecule has 1 aliphatic carbocycles. The molecule has 0 aromatic heterocycles. The van der Waals surface area contributed by atoms with Crippen LogP contribution in [-0.2, 0) is 0 Å². The van der Waals surface area contributed by atoms with Crippen molar-refractivity contribution in [3.8, 4) is 0 Å². The van der Waals surface area contributed by atoms with E-state index in [4.69, 9.17) is 0 Å². The Bertz CT molecular complexity index is 481. The zero-order valence-corrected chi connectivity index (χ0v) is 8.85. The molecule has 0 N–H and O–H groups in total. The Kier molecular flexibility index (Phi) is 1.99. The van der Waals surface area contributed by atoms with Crippen molar-refractivity contribution in [3.05, 3.63) is 35.4 Å². The van der Waals surface area contributed by atoms with Crippen LogP contribution in [-0.4, -0.2) is 34.9 Å². The predicted molar refractivity (Wildman–Crippen MR) is 59.3 cm³/mol. The molecule has 0 amide bonds. The second-order valence-corrected chi connectivity index (χ2v) is 4.24. The van der Waals surface area contributed by atoms with Gasteiger partial charge in [-0.2, -0.15) is 0 Å². The zero-order chi connectivity index (χ0) is 11.1. The summed E-state index contributed by atoms with van der Waals surface area (Å²) in [6, 6.07) is 6.51. The summed E-state index contributed by atoms with van der Waals surface area (Å²) in [4.78, 5) is 24.2. The average Bonchev–Trinajstić information content (AvgIpc) is 2.89. The van der Waals surface area contributed by atoms with Crippen molar-refractivity contribution in [3.63, 3.8) is 0 Å². The first-order chi connectivity index (χ1) is 7.79. The number of ketones is 2. The summed E-state index contributed by atoms with van der Waals surface area (Å²) in [5.74, 6) is -0.0856. The van der Waals surface area contributed by atoms with Gasteiger partial charge in [0.2, 0.25) is 11.6 Å². The van der Waals surface area contributed by atoms with Gasteiger partial charge in [-0.15, -0.1) is 0 Å². The van der Waals surface area contributed by atoms with E-state index >= 15 is 0 Å². The number of nitrogens with zero attached hydrogens (tertiary/aromatic N) is 1. The van der Waals surface area contributed by atoms with Gasteiger partial charge in [0.05, 0.1) is 0 Å². The molecule has 0 radical (unpaired) electrons. The number of benzene rings is 1. The summed E-state index contributed by atoms with van der Waals surface area (Å²) in [6.45, 7) is 0.816. The van der Waals surface area contributed by atoms with Gasteiger partial charge in [0.15, 0.2) is 0 Å². The Labute approximate surface area is 93.4 Å². The summed E-state index contributed by atoms with van der Waals surface area (Å²) >= 11 is 0. The molecule has 0 spiro atoms. The van der Waals surface area contributed by atoms with Gasteiger partial charge in [0, 0.05) is 24.0 Å². The fraction of sp³-hybridized carbons (Fsp3) is 0.308. The minimum absolute atomic E-state index is 0.0428. The van der Waals surface area contributed by atoms with Crippen molar-refractivity contribution in [2.24, 2.45) is 0 Å². The van der Waals surface area contributed by atoms with Crippen molar-refractivity contribution in [1.29, 1.82) is 0 Å². The molecule has 0 saturated carbocycles. The van der Waals surface area contributed by atoms with Crippen molar-refractivity contribution in [1.82, 2.24) is 0 Å². The van der Waals surface area contributed by atoms with Gasteiger partial charge in [0.25, 0.3) is 6.04 Å². The molecule has 0 bridgehead atoms. The maximum absolute atomic E-state index is 12.1. The van der Waals surface area contributed by atoms with Gasteiger partial charge in [-0.1, -0.05) is 24.3 Å². The molecule has 3 nitrogen and oxygen atoms in total. The Morgan fingerprint density at radius 2 is 1.69 bits per heavy atom.